The average molecular weight is 452 g/mol. The molecule has 2 bridgehead atoms. The Labute approximate surface area is 200 Å². The van der Waals surface area contributed by atoms with E-state index in [-0.39, 0.29) is 12.0 Å². The molecule has 3 heterocycles. The number of aliphatic imine (C=N–C) groups is 1. The summed E-state index contributed by atoms with van der Waals surface area (Å²) in [6.07, 6.45) is 3.20. The topological polar surface area (TPSA) is 50.9 Å². The highest BCUT2D eigenvalue weighted by atomic mass is 16.5. The first-order valence-electron chi connectivity index (χ1n) is 12.0. The molecule has 2 aliphatic rings. The van der Waals surface area contributed by atoms with Gasteiger partial charge in [-0.05, 0) is 36.1 Å². The average Bonchev–Trinajstić information content (AvgIpc) is 3.58. The standard InChI is InChI=1S/C29H29N3O2/c1-19-31-24-15-23(25(33-2)16-26(24)34-19)17-30-28-22-13-14-32(18-22)29(28)27(20-9-5-3-6-10-20)21-11-7-4-8-12-21/h3-12,15-17,22,27-29H,13-14,18H2,1-2H3/t22-,28-,29-/m1/s1. The Hall–Kier alpha value is -3.44. The molecule has 2 fully saturated rings. The van der Waals surface area contributed by atoms with E-state index >= 15 is 0 Å². The van der Waals surface area contributed by atoms with Gasteiger partial charge in [0.2, 0.25) is 0 Å². The molecule has 34 heavy (non-hydrogen) atoms. The summed E-state index contributed by atoms with van der Waals surface area (Å²) in [4.78, 5) is 12.4. The van der Waals surface area contributed by atoms with Gasteiger partial charge in [0.05, 0.1) is 13.2 Å². The van der Waals surface area contributed by atoms with E-state index in [1.54, 1.807) is 7.11 Å². The Kier molecular flexibility index (Phi) is 5.42. The molecule has 0 saturated carbocycles. The van der Waals surface area contributed by atoms with Crippen molar-refractivity contribution in [2.45, 2.75) is 31.3 Å². The van der Waals surface area contributed by atoms with Gasteiger partial charge in [-0.15, -0.1) is 0 Å². The van der Waals surface area contributed by atoms with E-state index in [1.165, 1.54) is 17.5 Å². The van der Waals surface area contributed by atoms with Crippen LogP contribution in [0, 0.1) is 12.8 Å². The molecule has 5 nitrogen and oxygen atoms in total. The molecule has 172 valence electrons. The molecule has 6 rings (SSSR count). The van der Waals surface area contributed by atoms with Crippen molar-refractivity contribution in [1.29, 1.82) is 0 Å². The van der Waals surface area contributed by atoms with Gasteiger partial charge in [-0.2, -0.15) is 0 Å². The number of oxazole rings is 1. The van der Waals surface area contributed by atoms with Crippen molar-refractivity contribution in [3.05, 3.63) is 95.4 Å². The van der Waals surface area contributed by atoms with Crippen LogP contribution in [0.5, 0.6) is 5.75 Å². The molecule has 2 aliphatic heterocycles. The highest BCUT2D eigenvalue weighted by Gasteiger charge is 2.49. The predicted octanol–water partition coefficient (Wildman–Crippen LogP) is 5.47. The number of aryl methyl sites for hydroxylation is 1. The summed E-state index contributed by atoms with van der Waals surface area (Å²) in [6, 6.07) is 26.3. The van der Waals surface area contributed by atoms with Crippen LogP contribution in [0.2, 0.25) is 0 Å². The van der Waals surface area contributed by atoms with Crippen LogP contribution >= 0.6 is 0 Å². The largest absolute Gasteiger partial charge is 0.496 e. The minimum absolute atomic E-state index is 0.221. The van der Waals surface area contributed by atoms with Crippen LogP contribution in [0.25, 0.3) is 11.1 Å². The minimum atomic E-state index is 0.221. The van der Waals surface area contributed by atoms with E-state index in [2.05, 4.69) is 70.5 Å². The highest BCUT2D eigenvalue weighted by Crippen LogP contribution is 2.44. The van der Waals surface area contributed by atoms with Gasteiger partial charge in [-0.3, -0.25) is 9.89 Å². The molecular formula is C29H29N3O2. The summed E-state index contributed by atoms with van der Waals surface area (Å²) in [7, 11) is 1.69. The number of hydrogen-bond acceptors (Lipinski definition) is 5. The van der Waals surface area contributed by atoms with Crippen molar-refractivity contribution < 1.29 is 9.15 Å². The van der Waals surface area contributed by atoms with Crippen LogP contribution in [-0.2, 0) is 0 Å². The number of rotatable bonds is 6. The molecule has 3 aromatic carbocycles. The first-order valence-corrected chi connectivity index (χ1v) is 12.0. The first-order chi connectivity index (χ1) is 16.7. The number of ether oxygens (including phenoxy) is 1. The summed E-state index contributed by atoms with van der Waals surface area (Å²) in [5, 5.41) is 0. The second-order valence-corrected chi connectivity index (χ2v) is 9.40. The quantitative estimate of drug-likeness (QED) is 0.365. The molecule has 0 spiro atoms. The fourth-order valence-corrected chi connectivity index (χ4v) is 5.92. The molecule has 5 heteroatoms. The number of methoxy groups -OCH3 is 1. The lowest BCUT2D eigenvalue weighted by molar-refractivity contribution is 0.221. The normalized spacial score (nSPS) is 24.0. The van der Waals surface area contributed by atoms with Crippen molar-refractivity contribution >= 4 is 17.3 Å². The van der Waals surface area contributed by atoms with Crippen LogP contribution in [0.3, 0.4) is 0 Å². The summed E-state index contributed by atoms with van der Waals surface area (Å²) in [5.74, 6) is 2.26. The van der Waals surface area contributed by atoms with Crippen molar-refractivity contribution in [2.75, 3.05) is 20.2 Å². The lowest BCUT2D eigenvalue weighted by atomic mass is 9.78. The first kappa shape index (κ1) is 21.1. The number of nitrogens with zero attached hydrogens (tertiary/aromatic N) is 3. The summed E-state index contributed by atoms with van der Waals surface area (Å²) >= 11 is 0. The Bertz CT molecular complexity index is 1280. The number of benzene rings is 3. The zero-order chi connectivity index (χ0) is 23.1. The predicted molar refractivity (Wildman–Crippen MR) is 135 cm³/mol. The van der Waals surface area contributed by atoms with Crippen molar-refractivity contribution in [3.8, 4) is 5.75 Å². The molecule has 0 N–H and O–H groups in total. The van der Waals surface area contributed by atoms with Crippen LogP contribution in [0.15, 0.2) is 82.2 Å². The molecule has 4 aromatic rings. The highest BCUT2D eigenvalue weighted by molar-refractivity contribution is 5.90. The SMILES string of the molecule is COc1cc2oc(C)nc2cc1C=N[C@@H]1[C@@H]2CCN(C2)[C@@H]1C(c1ccccc1)c1ccccc1. The zero-order valence-corrected chi connectivity index (χ0v) is 19.6. The van der Waals surface area contributed by atoms with Gasteiger partial charge in [-0.25, -0.2) is 4.98 Å². The van der Waals surface area contributed by atoms with Crippen molar-refractivity contribution in [3.63, 3.8) is 0 Å². The second kappa shape index (κ2) is 8.73. The van der Waals surface area contributed by atoms with E-state index in [0.717, 1.165) is 35.5 Å². The monoisotopic (exact) mass is 451 g/mol. The number of piperidine rings is 1. The van der Waals surface area contributed by atoms with Crippen LogP contribution in [-0.4, -0.2) is 48.4 Å². The Morgan fingerprint density at radius 3 is 2.44 bits per heavy atom. The molecule has 2 saturated heterocycles. The molecule has 4 atom stereocenters. The van der Waals surface area contributed by atoms with Gasteiger partial charge in [0.25, 0.3) is 0 Å². The zero-order valence-electron chi connectivity index (χ0n) is 19.6. The number of aromatic nitrogens is 1. The fraction of sp³-hybridized carbons (Fsp3) is 0.310. The van der Waals surface area contributed by atoms with Gasteiger partial charge in [0.1, 0.15) is 11.3 Å². The Morgan fingerprint density at radius 1 is 1.06 bits per heavy atom. The van der Waals surface area contributed by atoms with Crippen molar-refractivity contribution in [2.24, 2.45) is 10.9 Å². The third kappa shape index (κ3) is 3.70. The Morgan fingerprint density at radius 2 is 1.76 bits per heavy atom. The molecule has 0 amide bonds. The number of hydrogen-bond donors (Lipinski definition) is 0. The summed E-state index contributed by atoms with van der Waals surface area (Å²) in [6.45, 7) is 4.12. The summed E-state index contributed by atoms with van der Waals surface area (Å²) < 4.78 is 11.4. The molecule has 1 aromatic heterocycles. The van der Waals surface area contributed by atoms with Gasteiger partial charge in [0.15, 0.2) is 11.5 Å². The maximum Gasteiger partial charge on any atom is 0.192 e. The lowest BCUT2D eigenvalue weighted by Crippen LogP contribution is -2.43. The van der Waals surface area contributed by atoms with Crippen LogP contribution in [0.4, 0.5) is 0 Å². The maximum atomic E-state index is 5.69. The minimum Gasteiger partial charge on any atom is -0.496 e. The van der Waals surface area contributed by atoms with Crippen LogP contribution < -0.4 is 4.74 Å². The van der Waals surface area contributed by atoms with Crippen molar-refractivity contribution in [1.82, 2.24) is 9.88 Å². The fourth-order valence-electron chi connectivity index (χ4n) is 5.92. The maximum absolute atomic E-state index is 5.69. The van der Waals surface area contributed by atoms with Gasteiger partial charge < -0.3 is 9.15 Å². The van der Waals surface area contributed by atoms with Gasteiger partial charge in [0, 0.05) is 43.3 Å². The number of fused-ring (bicyclic) bond motifs is 3. The van der Waals surface area contributed by atoms with E-state index in [9.17, 15) is 0 Å². The third-order valence-electron chi connectivity index (χ3n) is 7.40. The Balaban J connectivity index is 1.40. The molecule has 0 radical (unpaired) electrons. The van der Waals surface area contributed by atoms with E-state index in [4.69, 9.17) is 14.1 Å². The molecular weight excluding hydrogens is 422 g/mol. The molecule has 1 unspecified atom stereocenters. The van der Waals surface area contributed by atoms with E-state index in [0.29, 0.717) is 17.9 Å². The second-order valence-electron chi connectivity index (χ2n) is 9.40. The smallest absolute Gasteiger partial charge is 0.192 e. The van der Waals surface area contributed by atoms with E-state index < -0.39 is 0 Å². The third-order valence-corrected chi connectivity index (χ3v) is 7.40. The lowest BCUT2D eigenvalue weighted by Gasteiger charge is -2.37. The van der Waals surface area contributed by atoms with Gasteiger partial charge in [-0.1, -0.05) is 60.7 Å². The van der Waals surface area contributed by atoms with Gasteiger partial charge >= 0.3 is 0 Å². The molecule has 0 aliphatic carbocycles. The van der Waals surface area contributed by atoms with Crippen LogP contribution in [0.1, 0.15) is 34.9 Å². The summed E-state index contributed by atoms with van der Waals surface area (Å²) in [5.41, 5.74) is 5.21. The van der Waals surface area contributed by atoms with E-state index in [1.807, 2.05) is 25.3 Å².